The zero-order chi connectivity index (χ0) is 42.5. The lowest BCUT2D eigenvalue weighted by atomic mass is 9.47. The Morgan fingerprint density at radius 3 is 2.48 bits per heavy atom. The number of carbonyl (C=O) groups excluding carboxylic acids is 3. The van der Waals surface area contributed by atoms with Crippen LogP contribution in [0.3, 0.4) is 0 Å². The van der Waals surface area contributed by atoms with Crippen molar-refractivity contribution in [3.8, 4) is 5.75 Å². The number of anilines is 1. The van der Waals surface area contributed by atoms with Crippen LogP contribution in [0.15, 0.2) is 59.0 Å². The number of nitrogens with zero attached hydrogens (tertiary/aromatic N) is 3. The van der Waals surface area contributed by atoms with Gasteiger partial charge in [-0.3, -0.25) is 19.4 Å². The van der Waals surface area contributed by atoms with E-state index in [0.717, 1.165) is 70.8 Å². The normalized spacial score (nSPS) is 34.0. The van der Waals surface area contributed by atoms with Gasteiger partial charge in [0.1, 0.15) is 11.2 Å². The molecule has 1 saturated carbocycles. The number of likely N-dealkylation sites (N-methyl/N-ethyl adjacent to an activating group) is 1. The second kappa shape index (κ2) is 14.7. The molecule has 5 aliphatic heterocycles. The van der Waals surface area contributed by atoms with Gasteiger partial charge in [0.05, 0.1) is 27.4 Å². The Hall–Kier alpha value is -4.30. The van der Waals surface area contributed by atoms with Gasteiger partial charge in [0.15, 0.2) is 6.10 Å². The third-order valence-electron chi connectivity index (χ3n) is 15.4. The predicted molar refractivity (Wildman–Crippen MR) is 231 cm³/mol. The lowest BCUT2D eigenvalue weighted by Crippen LogP contribution is -2.81. The van der Waals surface area contributed by atoms with Crippen molar-refractivity contribution in [1.29, 1.82) is 0 Å². The number of H-pyrrole nitrogens is 1. The molecule has 2 bridgehead atoms. The zero-order valence-corrected chi connectivity index (χ0v) is 36.9. The Kier molecular flexibility index (Phi) is 10.0. The molecule has 0 amide bonds. The molecule has 1 unspecified atom stereocenters. The summed E-state index contributed by atoms with van der Waals surface area (Å²) in [6.07, 6.45) is 10.5. The van der Waals surface area contributed by atoms with Gasteiger partial charge >= 0.3 is 17.9 Å². The van der Waals surface area contributed by atoms with Gasteiger partial charge < -0.3 is 33.9 Å². The van der Waals surface area contributed by atoms with E-state index in [4.69, 9.17) is 18.9 Å². The maximum absolute atomic E-state index is 15.4. The highest BCUT2D eigenvalue weighted by Crippen LogP contribution is 2.68. The largest absolute Gasteiger partial charge is 0.496 e. The van der Waals surface area contributed by atoms with E-state index >= 15 is 4.79 Å². The van der Waals surface area contributed by atoms with Crippen molar-refractivity contribution >= 4 is 46.3 Å². The van der Waals surface area contributed by atoms with Gasteiger partial charge in [-0.25, -0.2) is 4.79 Å². The van der Waals surface area contributed by atoms with Crippen molar-refractivity contribution in [1.82, 2.24) is 14.8 Å². The minimum atomic E-state index is -2.28. The van der Waals surface area contributed by atoms with Gasteiger partial charge in [-0.2, -0.15) is 0 Å². The fraction of sp³-hybridized carbons (Fsp3) is 0.553. The molecule has 9 atom stereocenters. The van der Waals surface area contributed by atoms with Gasteiger partial charge in [-0.05, 0) is 86.2 Å². The van der Waals surface area contributed by atoms with Crippen LogP contribution in [0.4, 0.5) is 5.69 Å². The minimum absolute atomic E-state index is 0.0141. The molecule has 1 saturated heterocycles. The first-order valence-corrected chi connectivity index (χ1v) is 22.6. The topological polar surface area (TPSA) is 134 Å². The summed E-state index contributed by atoms with van der Waals surface area (Å²) in [7, 11) is 6.26. The van der Waals surface area contributed by atoms with Gasteiger partial charge in [0.25, 0.3) is 0 Å². The van der Waals surface area contributed by atoms with E-state index in [1.807, 2.05) is 24.9 Å². The molecule has 1 aromatic heterocycles. The van der Waals surface area contributed by atoms with Crippen LogP contribution in [0.25, 0.3) is 10.9 Å². The molecule has 2 aromatic carbocycles. The monoisotopic (exact) mass is 838 g/mol. The zero-order valence-electron chi connectivity index (χ0n) is 36.1. The third-order valence-corrected chi connectivity index (χ3v) is 16.1. The van der Waals surface area contributed by atoms with Crippen molar-refractivity contribution in [2.24, 2.45) is 11.3 Å². The van der Waals surface area contributed by atoms with E-state index in [0.29, 0.717) is 43.7 Å². The number of carbonyl (C=O) groups is 3. The number of aromatic amines is 1. The molecule has 9 rings (SSSR count). The molecule has 0 radical (unpaired) electrons. The molecule has 2 N–H and O–H groups in total. The smallest absolute Gasteiger partial charge is 0.344 e. The Bertz CT molecular complexity index is 2340. The van der Waals surface area contributed by atoms with Crippen molar-refractivity contribution in [2.45, 2.75) is 92.4 Å². The molecule has 320 valence electrons. The fourth-order valence-corrected chi connectivity index (χ4v) is 13.6. The summed E-state index contributed by atoms with van der Waals surface area (Å²) in [5.74, 6) is -1.32. The molecular weight excluding hydrogens is 781 g/mol. The first-order valence-electron chi connectivity index (χ1n) is 21.4. The summed E-state index contributed by atoms with van der Waals surface area (Å²) in [4.78, 5) is 54.7. The van der Waals surface area contributed by atoms with Crippen LogP contribution in [-0.4, -0.2) is 129 Å². The Morgan fingerprint density at radius 2 is 1.80 bits per heavy atom. The summed E-state index contributed by atoms with van der Waals surface area (Å²) in [5.41, 5.74) is 1.08. The van der Waals surface area contributed by atoms with Crippen molar-refractivity contribution in [2.75, 3.05) is 72.3 Å². The highest BCUT2D eigenvalue weighted by Gasteiger charge is 2.80. The first kappa shape index (κ1) is 41.1. The van der Waals surface area contributed by atoms with E-state index in [9.17, 15) is 14.7 Å². The minimum Gasteiger partial charge on any atom is -0.496 e. The van der Waals surface area contributed by atoms with E-state index in [-0.39, 0.29) is 17.9 Å². The second-order valence-corrected chi connectivity index (χ2v) is 18.7. The number of benzene rings is 2. The van der Waals surface area contributed by atoms with Crippen LogP contribution in [0.2, 0.25) is 0 Å². The SMILES string of the molecule is CCC1=C[C@H]2CN(CCc3c([nH]c4ccc(SC)cc34)[C@@](C(=O)OC)(c3cc4c(cc3OC)N(C)[C@H]3[C@@](O)(C(=O)OC)[C@H](OC(C)=O)[C@]5(CC)C=CCN6CC[C@]43[C@@H]65)C2)C1. The number of nitrogens with one attached hydrogen (secondary N) is 1. The fourth-order valence-electron chi connectivity index (χ4n) is 13.2. The Labute approximate surface area is 356 Å². The average Bonchev–Trinajstić information content (AvgIpc) is 3.92. The number of fused-ring (bicyclic) bond motifs is 6. The van der Waals surface area contributed by atoms with Crippen LogP contribution in [0.1, 0.15) is 68.8 Å². The first-order chi connectivity index (χ1) is 28.8. The standard InChI is InChI=1S/C47H58N4O8S/c1-9-28-20-29-24-46(42(53)57-6,38-31(14-18-50(25-28)26-29)32-21-30(60-8)12-13-35(32)48-38)34-22-33-36(23-37(34)56-5)49(4)40-45(33)16-19-51-17-11-15-44(10-2,39(45)51)41(59-27(3)52)47(40,55)43(54)58-7/h11-13,15,20-23,29,39-41,48,55H,9-10,14,16-19,24-26H2,1-8H3/t29-,39+,40-,41-,44-,45-,46+,47+/m1/s1. The highest BCUT2D eigenvalue weighted by molar-refractivity contribution is 7.98. The van der Waals surface area contributed by atoms with E-state index in [2.05, 4.69) is 70.5 Å². The third kappa shape index (κ3) is 5.37. The molecule has 1 aliphatic carbocycles. The molecule has 3 aromatic rings. The number of ether oxygens (including phenoxy) is 4. The number of hydrogen-bond donors (Lipinski definition) is 2. The molecule has 60 heavy (non-hydrogen) atoms. The molecule has 2 fully saturated rings. The van der Waals surface area contributed by atoms with Crippen molar-refractivity contribution in [3.05, 3.63) is 76.5 Å². The highest BCUT2D eigenvalue weighted by atomic mass is 32.2. The van der Waals surface area contributed by atoms with Gasteiger partial charge in [-0.15, -0.1) is 11.8 Å². The van der Waals surface area contributed by atoms with Gasteiger partial charge in [-0.1, -0.05) is 37.6 Å². The maximum atomic E-state index is 15.4. The number of hydrogen-bond acceptors (Lipinski definition) is 12. The van der Waals surface area contributed by atoms with Crippen LogP contribution < -0.4 is 9.64 Å². The van der Waals surface area contributed by atoms with Crippen LogP contribution >= 0.6 is 11.8 Å². The number of thioether (sulfide) groups is 1. The van der Waals surface area contributed by atoms with E-state index < -0.39 is 45.9 Å². The molecule has 13 heteroatoms. The lowest BCUT2D eigenvalue weighted by molar-refractivity contribution is -0.228. The number of rotatable bonds is 8. The Balaban J connectivity index is 1.38. The number of esters is 3. The summed E-state index contributed by atoms with van der Waals surface area (Å²) < 4.78 is 24.1. The summed E-state index contributed by atoms with van der Waals surface area (Å²) in [5, 5.41) is 14.5. The number of methoxy groups -OCH3 is 3. The Morgan fingerprint density at radius 1 is 1.02 bits per heavy atom. The number of aromatic nitrogens is 1. The van der Waals surface area contributed by atoms with Crippen molar-refractivity contribution < 1.29 is 38.4 Å². The average molecular weight is 839 g/mol. The number of aliphatic hydroxyl groups is 1. The summed E-state index contributed by atoms with van der Waals surface area (Å²) >= 11 is 1.69. The predicted octanol–water partition coefficient (Wildman–Crippen LogP) is 5.52. The quantitative estimate of drug-likeness (QED) is 0.128. The molecule has 12 nitrogen and oxygen atoms in total. The van der Waals surface area contributed by atoms with Crippen molar-refractivity contribution in [3.63, 3.8) is 0 Å². The molecular formula is C47H58N4O8S. The summed E-state index contributed by atoms with van der Waals surface area (Å²) in [6, 6.07) is 9.41. The van der Waals surface area contributed by atoms with Crippen LogP contribution in [0, 0.1) is 11.3 Å². The molecule has 1 spiro atoms. The molecule has 6 aliphatic rings. The van der Waals surface area contributed by atoms with E-state index in [1.54, 1.807) is 18.9 Å². The maximum Gasteiger partial charge on any atom is 0.344 e. The van der Waals surface area contributed by atoms with Gasteiger partial charge in [0, 0.05) is 95.8 Å². The van der Waals surface area contributed by atoms with Crippen LogP contribution in [0.5, 0.6) is 5.75 Å². The van der Waals surface area contributed by atoms with E-state index in [1.165, 1.54) is 26.7 Å². The lowest BCUT2D eigenvalue weighted by Gasteiger charge is -2.63. The second-order valence-electron chi connectivity index (χ2n) is 17.9. The van der Waals surface area contributed by atoms with Gasteiger partial charge in [0.2, 0.25) is 5.60 Å². The molecule has 6 heterocycles. The van der Waals surface area contributed by atoms with Crippen LogP contribution in [-0.2, 0) is 45.8 Å². The summed E-state index contributed by atoms with van der Waals surface area (Å²) in [6.45, 7) is 9.43.